The highest BCUT2D eigenvalue weighted by Crippen LogP contribution is 2.36. The van der Waals surface area contributed by atoms with E-state index in [-0.39, 0.29) is 0 Å². The molecule has 0 spiro atoms. The average Bonchev–Trinajstić information content (AvgIpc) is 2.61. The predicted octanol–water partition coefficient (Wildman–Crippen LogP) is 4.30. The van der Waals surface area contributed by atoms with Gasteiger partial charge in [0.25, 0.3) is 0 Å². The molecule has 0 aromatic carbocycles. The van der Waals surface area contributed by atoms with Crippen LogP contribution < -0.4 is 5.32 Å². The predicted molar refractivity (Wildman–Crippen MR) is 90.2 cm³/mol. The molecule has 1 rings (SSSR count). The van der Waals surface area contributed by atoms with Gasteiger partial charge in [0.05, 0.1) is 0 Å². The van der Waals surface area contributed by atoms with Crippen LogP contribution in [0.5, 0.6) is 0 Å². The molecule has 0 amide bonds. The summed E-state index contributed by atoms with van der Waals surface area (Å²) in [4.78, 5) is 2.73. The summed E-state index contributed by atoms with van der Waals surface area (Å²) < 4.78 is 0. The van der Waals surface area contributed by atoms with Gasteiger partial charge in [0.1, 0.15) is 0 Å². The van der Waals surface area contributed by atoms with Crippen LogP contribution in [0.3, 0.4) is 0 Å². The zero-order valence-electron chi connectivity index (χ0n) is 14.7. The Kier molecular flexibility index (Phi) is 8.13. The van der Waals surface area contributed by atoms with Gasteiger partial charge >= 0.3 is 0 Å². The van der Waals surface area contributed by atoms with E-state index in [4.69, 9.17) is 0 Å². The molecule has 0 bridgehead atoms. The highest BCUT2D eigenvalue weighted by atomic mass is 15.2. The standard InChI is InChI=1S/C18H38N2/c1-6-19-14-18(11-9-7-8-10-12-18)15-20(17(4)5)13-16(2)3/h16-17,19H,6-15H2,1-5H3. The van der Waals surface area contributed by atoms with Crippen LogP contribution in [0.15, 0.2) is 0 Å². The lowest BCUT2D eigenvalue weighted by Crippen LogP contribution is -2.47. The van der Waals surface area contributed by atoms with Gasteiger partial charge in [-0.15, -0.1) is 0 Å². The minimum atomic E-state index is 0.520. The van der Waals surface area contributed by atoms with Crippen LogP contribution >= 0.6 is 0 Å². The van der Waals surface area contributed by atoms with Crippen molar-refractivity contribution in [2.45, 2.75) is 79.2 Å². The molecule has 0 heterocycles. The fraction of sp³-hybridized carbons (Fsp3) is 1.00. The Bertz CT molecular complexity index is 240. The third kappa shape index (κ3) is 6.13. The SMILES string of the molecule is CCNCC1(CN(CC(C)C)C(C)C)CCCCCC1. The van der Waals surface area contributed by atoms with Crippen LogP contribution in [0, 0.1) is 11.3 Å². The van der Waals surface area contributed by atoms with E-state index in [1.165, 1.54) is 58.2 Å². The van der Waals surface area contributed by atoms with Gasteiger partial charge in [0, 0.05) is 25.7 Å². The van der Waals surface area contributed by atoms with Crippen molar-refractivity contribution >= 4 is 0 Å². The third-order valence-electron chi connectivity index (χ3n) is 4.78. The molecule has 1 saturated carbocycles. The molecule has 2 heteroatoms. The van der Waals surface area contributed by atoms with Crippen LogP contribution in [0.2, 0.25) is 0 Å². The molecule has 1 aliphatic rings. The Morgan fingerprint density at radius 2 is 1.60 bits per heavy atom. The quantitative estimate of drug-likeness (QED) is 0.668. The van der Waals surface area contributed by atoms with E-state index in [1.54, 1.807) is 0 Å². The molecular formula is C18H38N2. The van der Waals surface area contributed by atoms with Gasteiger partial charge in [0.15, 0.2) is 0 Å². The summed E-state index contributed by atoms with van der Waals surface area (Å²) in [6, 6.07) is 0.666. The van der Waals surface area contributed by atoms with Crippen LogP contribution in [0.1, 0.15) is 73.1 Å². The molecule has 120 valence electrons. The molecule has 1 N–H and O–H groups in total. The van der Waals surface area contributed by atoms with Crippen molar-refractivity contribution in [2.24, 2.45) is 11.3 Å². The maximum Gasteiger partial charge on any atom is 0.00530 e. The van der Waals surface area contributed by atoms with Crippen molar-refractivity contribution in [1.29, 1.82) is 0 Å². The fourth-order valence-electron chi connectivity index (χ4n) is 3.62. The molecule has 0 saturated heterocycles. The van der Waals surface area contributed by atoms with E-state index >= 15 is 0 Å². The summed E-state index contributed by atoms with van der Waals surface area (Å²) in [7, 11) is 0. The monoisotopic (exact) mass is 282 g/mol. The number of hydrogen-bond donors (Lipinski definition) is 1. The summed E-state index contributed by atoms with van der Waals surface area (Å²) in [5.74, 6) is 0.763. The van der Waals surface area contributed by atoms with Gasteiger partial charge in [-0.25, -0.2) is 0 Å². The maximum absolute atomic E-state index is 3.66. The molecule has 1 fully saturated rings. The van der Waals surface area contributed by atoms with Gasteiger partial charge in [0.2, 0.25) is 0 Å². The molecule has 0 atom stereocenters. The zero-order chi connectivity index (χ0) is 15.0. The lowest BCUT2D eigenvalue weighted by atomic mass is 9.79. The molecule has 0 radical (unpaired) electrons. The largest absolute Gasteiger partial charge is 0.316 e. The molecule has 2 nitrogen and oxygen atoms in total. The Morgan fingerprint density at radius 1 is 1.00 bits per heavy atom. The first-order valence-corrected chi connectivity index (χ1v) is 8.94. The Morgan fingerprint density at radius 3 is 2.05 bits per heavy atom. The molecule has 1 aliphatic carbocycles. The fourth-order valence-corrected chi connectivity index (χ4v) is 3.62. The number of hydrogen-bond acceptors (Lipinski definition) is 2. The minimum absolute atomic E-state index is 0.520. The lowest BCUT2D eigenvalue weighted by molar-refractivity contribution is 0.0937. The highest BCUT2D eigenvalue weighted by molar-refractivity contribution is 4.88. The highest BCUT2D eigenvalue weighted by Gasteiger charge is 2.33. The van der Waals surface area contributed by atoms with Crippen molar-refractivity contribution in [1.82, 2.24) is 10.2 Å². The third-order valence-corrected chi connectivity index (χ3v) is 4.78. The topological polar surface area (TPSA) is 15.3 Å². The molecule has 0 aromatic rings. The van der Waals surface area contributed by atoms with Crippen LogP contribution in [-0.2, 0) is 0 Å². The van der Waals surface area contributed by atoms with Crippen LogP contribution in [-0.4, -0.2) is 37.1 Å². The van der Waals surface area contributed by atoms with Gasteiger partial charge in [-0.3, -0.25) is 0 Å². The van der Waals surface area contributed by atoms with E-state index in [0.717, 1.165) is 12.5 Å². The number of nitrogens with zero attached hydrogens (tertiary/aromatic N) is 1. The first-order valence-electron chi connectivity index (χ1n) is 8.94. The number of nitrogens with one attached hydrogen (secondary N) is 1. The summed E-state index contributed by atoms with van der Waals surface area (Å²) in [6.07, 6.45) is 8.58. The zero-order valence-corrected chi connectivity index (χ0v) is 14.7. The van der Waals surface area contributed by atoms with Crippen molar-refractivity contribution in [2.75, 3.05) is 26.2 Å². The second-order valence-corrected chi connectivity index (χ2v) is 7.61. The molecule has 0 aromatic heterocycles. The molecule has 20 heavy (non-hydrogen) atoms. The van der Waals surface area contributed by atoms with Crippen LogP contribution in [0.4, 0.5) is 0 Å². The lowest BCUT2D eigenvalue weighted by Gasteiger charge is -2.41. The summed E-state index contributed by atoms with van der Waals surface area (Å²) in [5.41, 5.74) is 0.520. The minimum Gasteiger partial charge on any atom is -0.316 e. The van der Waals surface area contributed by atoms with Gasteiger partial charge in [-0.1, -0.05) is 46.5 Å². The summed E-state index contributed by atoms with van der Waals surface area (Å²) in [5, 5.41) is 3.66. The maximum atomic E-state index is 3.66. The smallest absolute Gasteiger partial charge is 0.00530 e. The van der Waals surface area contributed by atoms with Gasteiger partial charge in [-0.2, -0.15) is 0 Å². The van der Waals surface area contributed by atoms with E-state index < -0.39 is 0 Å². The van der Waals surface area contributed by atoms with E-state index in [0.29, 0.717) is 11.5 Å². The molecular weight excluding hydrogens is 244 g/mol. The molecule has 0 unspecified atom stereocenters. The van der Waals surface area contributed by atoms with E-state index in [9.17, 15) is 0 Å². The van der Waals surface area contributed by atoms with E-state index in [2.05, 4.69) is 44.8 Å². The second-order valence-electron chi connectivity index (χ2n) is 7.61. The Hall–Kier alpha value is -0.0800. The van der Waals surface area contributed by atoms with Crippen molar-refractivity contribution < 1.29 is 0 Å². The van der Waals surface area contributed by atoms with Gasteiger partial charge in [-0.05, 0) is 44.6 Å². The van der Waals surface area contributed by atoms with Crippen molar-refractivity contribution in [3.05, 3.63) is 0 Å². The Labute approximate surface area is 127 Å². The Balaban J connectivity index is 2.74. The van der Waals surface area contributed by atoms with Crippen LogP contribution in [0.25, 0.3) is 0 Å². The summed E-state index contributed by atoms with van der Waals surface area (Å²) in [6.45, 7) is 16.5. The molecule has 0 aliphatic heterocycles. The summed E-state index contributed by atoms with van der Waals surface area (Å²) >= 11 is 0. The first kappa shape index (κ1) is 18.0. The van der Waals surface area contributed by atoms with Gasteiger partial charge < -0.3 is 10.2 Å². The second kappa shape index (κ2) is 9.04. The first-order chi connectivity index (χ1) is 9.49. The van der Waals surface area contributed by atoms with Crippen molar-refractivity contribution in [3.8, 4) is 0 Å². The average molecular weight is 283 g/mol. The van der Waals surface area contributed by atoms with E-state index in [1.807, 2.05) is 0 Å². The normalized spacial score (nSPS) is 19.8. The number of rotatable bonds is 8. The van der Waals surface area contributed by atoms with Crippen molar-refractivity contribution in [3.63, 3.8) is 0 Å².